The zero-order chi connectivity index (χ0) is 19.8. The first-order valence-electron chi connectivity index (χ1n) is 9.36. The molecule has 0 radical (unpaired) electrons. The van der Waals surface area contributed by atoms with Gasteiger partial charge in [-0.1, -0.05) is 72.8 Å². The number of rotatable bonds is 8. The highest BCUT2D eigenvalue weighted by atomic mass is 16.4. The van der Waals surface area contributed by atoms with Crippen LogP contribution in [-0.4, -0.2) is 23.0 Å². The molecule has 0 fully saturated rings. The van der Waals surface area contributed by atoms with Crippen molar-refractivity contribution < 1.29 is 14.7 Å². The summed E-state index contributed by atoms with van der Waals surface area (Å²) in [5.41, 5.74) is 3.69. The molecular weight excluding hydrogens is 350 g/mol. The van der Waals surface area contributed by atoms with Crippen molar-refractivity contribution in [2.45, 2.75) is 25.3 Å². The molecule has 0 saturated heterocycles. The van der Waals surface area contributed by atoms with Crippen LogP contribution in [0.5, 0.6) is 0 Å². The Hall–Kier alpha value is -3.40. The summed E-state index contributed by atoms with van der Waals surface area (Å²) in [4.78, 5) is 24.0. The van der Waals surface area contributed by atoms with Gasteiger partial charge in [0.25, 0.3) is 5.91 Å². The summed E-state index contributed by atoms with van der Waals surface area (Å²) >= 11 is 0. The summed E-state index contributed by atoms with van der Waals surface area (Å²) in [6.45, 7) is 0. The first kappa shape index (κ1) is 19.4. The number of hydrogen-bond donors (Lipinski definition) is 2. The number of hydrogen-bond acceptors (Lipinski definition) is 2. The Kier molecular flexibility index (Phi) is 6.58. The topological polar surface area (TPSA) is 66.4 Å². The van der Waals surface area contributed by atoms with Gasteiger partial charge in [-0.3, -0.25) is 4.79 Å². The quantitative estimate of drug-likeness (QED) is 0.608. The van der Waals surface area contributed by atoms with Crippen LogP contribution in [-0.2, 0) is 11.2 Å². The molecule has 0 saturated carbocycles. The van der Waals surface area contributed by atoms with Gasteiger partial charge in [0, 0.05) is 5.56 Å². The van der Waals surface area contributed by atoms with Gasteiger partial charge in [-0.15, -0.1) is 0 Å². The van der Waals surface area contributed by atoms with Crippen LogP contribution in [0.4, 0.5) is 0 Å². The van der Waals surface area contributed by atoms with Crippen molar-refractivity contribution in [3.05, 3.63) is 96.1 Å². The van der Waals surface area contributed by atoms with Gasteiger partial charge in [0.05, 0.1) is 0 Å². The lowest BCUT2D eigenvalue weighted by molar-refractivity contribution is -0.139. The smallest absolute Gasteiger partial charge is 0.326 e. The molecule has 28 heavy (non-hydrogen) atoms. The third-order valence-corrected chi connectivity index (χ3v) is 4.66. The minimum absolute atomic E-state index is 0.369. The first-order chi connectivity index (χ1) is 13.6. The highest BCUT2D eigenvalue weighted by Crippen LogP contribution is 2.19. The average Bonchev–Trinajstić information content (AvgIpc) is 2.74. The number of aliphatic carboxylic acids is 1. The van der Waals surface area contributed by atoms with Crippen LogP contribution < -0.4 is 5.32 Å². The molecule has 2 N–H and O–H groups in total. The third-order valence-electron chi connectivity index (χ3n) is 4.66. The molecular formula is C24H23NO3. The van der Waals surface area contributed by atoms with Gasteiger partial charge >= 0.3 is 5.97 Å². The Balaban J connectivity index is 1.58. The van der Waals surface area contributed by atoms with E-state index in [0.717, 1.165) is 23.1 Å². The van der Waals surface area contributed by atoms with E-state index in [2.05, 4.69) is 5.32 Å². The highest BCUT2D eigenvalue weighted by Gasteiger charge is 2.20. The van der Waals surface area contributed by atoms with Crippen molar-refractivity contribution in [3.63, 3.8) is 0 Å². The summed E-state index contributed by atoms with van der Waals surface area (Å²) in [6, 6.07) is 26.1. The van der Waals surface area contributed by atoms with Gasteiger partial charge < -0.3 is 10.4 Å². The highest BCUT2D eigenvalue weighted by molar-refractivity contribution is 5.97. The van der Waals surface area contributed by atoms with E-state index >= 15 is 0 Å². The van der Waals surface area contributed by atoms with Crippen LogP contribution in [0.3, 0.4) is 0 Å². The lowest BCUT2D eigenvalue weighted by Gasteiger charge is -2.15. The molecule has 0 aliphatic rings. The Morgan fingerprint density at radius 1 is 0.786 bits per heavy atom. The van der Waals surface area contributed by atoms with Crippen molar-refractivity contribution in [1.82, 2.24) is 5.32 Å². The molecule has 0 bridgehead atoms. The molecule has 3 aromatic carbocycles. The Morgan fingerprint density at radius 3 is 1.96 bits per heavy atom. The Labute approximate surface area is 164 Å². The molecule has 4 heteroatoms. The minimum Gasteiger partial charge on any atom is -0.480 e. The minimum atomic E-state index is -1.01. The summed E-state index contributed by atoms with van der Waals surface area (Å²) < 4.78 is 0. The average molecular weight is 373 g/mol. The van der Waals surface area contributed by atoms with E-state index < -0.39 is 12.0 Å². The molecule has 0 aromatic heterocycles. The van der Waals surface area contributed by atoms with E-state index in [4.69, 9.17) is 0 Å². The lowest BCUT2D eigenvalue weighted by Crippen LogP contribution is -2.40. The van der Waals surface area contributed by atoms with Gasteiger partial charge in [0.2, 0.25) is 0 Å². The van der Waals surface area contributed by atoms with Crippen LogP contribution in [0.2, 0.25) is 0 Å². The number of nitrogens with one attached hydrogen (secondary N) is 1. The molecule has 3 rings (SSSR count). The predicted octanol–water partition coefficient (Wildman–Crippen LogP) is 4.56. The summed E-state index contributed by atoms with van der Waals surface area (Å²) in [6.07, 6.45) is 1.86. The number of carbonyl (C=O) groups excluding carboxylic acids is 1. The zero-order valence-electron chi connectivity index (χ0n) is 15.5. The van der Waals surface area contributed by atoms with Crippen LogP contribution >= 0.6 is 0 Å². The van der Waals surface area contributed by atoms with Crippen molar-refractivity contribution in [2.75, 3.05) is 0 Å². The molecule has 1 atom stereocenters. The SMILES string of the molecule is O=C(N[C@H](CCCc1ccccc1)C(=O)O)c1ccc(-c2ccccc2)cc1. The number of aryl methyl sites for hydroxylation is 1. The molecule has 0 aliphatic carbocycles. The van der Waals surface area contributed by atoms with Gasteiger partial charge in [-0.25, -0.2) is 4.79 Å². The van der Waals surface area contributed by atoms with Gasteiger partial charge in [-0.05, 0) is 48.1 Å². The second-order valence-corrected chi connectivity index (χ2v) is 6.69. The largest absolute Gasteiger partial charge is 0.480 e. The van der Waals surface area contributed by atoms with Crippen molar-refractivity contribution >= 4 is 11.9 Å². The van der Waals surface area contributed by atoms with Crippen LogP contribution in [0.15, 0.2) is 84.9 Å². The van der Waals surface area contributed by atoms with Crippen LogP contribution in [0.25, 0.3) is 11.1 Å². The second-order valence-electron chi connectivity index (χ2n) is 6.69. The standard InChI is InChI=1S/C24H23NO3/c26-23(21-16-14-20(15-17-21)19-11-5-2-6-12-19)25-22(24(27)28)13-7-10-18-8-3-1-4-9-18/h1-6,8-9,11-12,14-17,22H,7,10,13H2,(H,25,26)(H,27,28)/t22-/m1/s1. The monoisotopic (exact) mass is 373 g/mol. The fraction of sp³-hybridized carbons (Fsp3) is 0.167. The fourth-order valence-corrected chi connectivity index (χ4v) is 3.10. The Morgan fingerprint density at radius 2 is 1.36 bits per heavy atom. The molecule has 142 valence electrons. The number of carboxylic acids is 1. The van der Waals surface area contributed by atoms with E-state index in [-0.39, 0.29) is 5.91 Å². The number of carboxylic acid groups (broad SMARTS) is 1. The molecule has 0 heterocycles. The summed E-state index contributed by atoms with van der Waals surface area (Å²) in [5, 5.41) is 12.1. The molecule has 0 aliphatic heterocycles. The maximum Gasteiger partial charge on any atom is 0.326 e. The maximum absolute atomic E-state index is 12.5. The maximum atomic E-state index is 12.5. The van der Waals surface area contributed by atoms with Crippen LogP contribution in [0.1, 0.15) is 28.8 Å². The van der Waals surface area contributed by atoms with E-state index in [1.54, 1.807) is 12.1 Å². The van der Waals surface area contributed by atoms with E-state index in [1.165, 1.54) is 0 Å². The number of amides is 1. The molecule has 1 amide bonds. The van der Waals surface area contributed by atoms with E-state index in [9.17, 15) is 14.7 Å². The molecule has 3 aromatic rings. The van der Waals surface area contributed by atoms with Gasteiger partial charge in [0.1, 0.15) is 6.04 Å². The normalized spacial score (nSPS) is 11.6. The lowest BCUT2D eigenvalue weighted by atomic mass is 10.0. The van der Waals surface area contributed by atoms with Gasteiger partial charge in [0.15, 0.2) is 0 Å². The first-order valence-corrected chi connectivity index (χ1v) is 9.36. The number of carbonyl (C=O) groups is 2. The fourth-order valence-electron chi connectivity index (χ4n) is 3.10. The summed E-state index contributed by atoms with van der Waals surface area (Å²) in [7, 11) is 0. The molecule has 0 unspecified atom stereocenters. The van der Waals surface area contributed by atoms with E-state index in [1.807, 2.05) is 72.8 Å². The summed E-state index contributed by atoms with van der Waals surface area (Å²) in [5.74, 6) is -1.38. The van der Waals surface area contributed by atoms with Crippen molar-refractivity contribution in [1.29, 1.82) is 0 Å². The predicted molar refractivity (Wildman–Crippen MR) is 110 cm³/mol. The van der Waals surface area contributed by atoms with Gasteiger partial charge in [-0.2, -0.15) is 0 Å². The second kappa shape index (κ2) is 9.51. The number of benzene rings is 3. The van der Waals surface area contributed by atoms with E-state index in [0.29, 0.717) is 18.4 Å². The zero-order valence-corrected chi connectivity index (χ0v) is 15.5. The Bertz CT molecular complexity index is 906. The van der Waals surface area contributed by atoms with Crippen molar-refractivity contribution in [2.24, 2.45) is 0 Å². The molecule has 4 nitrogen and oxygen atoms in total. The third kappa shape index (κ3) is 5.30. The van der Waals surface area contributed by atoms with Crippen LogP contribution in [0, 0.1) is 0 Å². The molecule has 0 spiro atoms. The van der Waals surface area contributed by atoms with Crippen molar-refractivity contribution in [3.8, 4) is 11.1 Å².